The van der Waals surface area contributed by atoms with Crippen molar-refractivity contribution in [2.45, 2.75) is 33.2 Å². The number of anilines is 1. The molecule has 1 aromatic heterocycles. The van der Waals surface area contributed by atoms with Crippen molar-refractivity contribution in [2.24, 2.45) is 0 Å². The third-order valence-electron chi connectivity index (χ3n) is 3.42. The average molecular weight is 269 g/mol. The van der Waals surface area contributed by atoms with E-state index in [1.54, 1.807) is 6.20 Å². The van der Waals surface area contributed by atoms with Gasteiger partial charge in [0.1, 0.15) is 5.82 Å². The molecule has 20 heavy (non-hydrogen) atoms. The largest absolute Gasteiger partial charge is 0.383 e. The Labute approximate surface area is 121 Å². The average Bonchev–Trinajstić information content (AvgIpc) is 2.37. The third-order valence-corrected chi connectivity index (χ3v) is 3.42. The molecule has 0 fully saturated rings. The maximum absolute atomic E-state index is 6.01. The Hall–Kier alpha value is -1.87. The van der Waals surface area contributed by atoms with Gasteiger partial charge in [0.25, 0.3) is 0 Å². The molecule has 0 aliphatic carbocycles. The first-order valence-corrected chi connectivity index (χ1v) is 7.11. The summed E-state index contributed by atoms with van der Waals surface area (Å²) in [5.74, 6) is 0.614. The molecule has 1 aromatic carbocycles. The highest BCUT2D eigenvalue weighted by Crippen LogP contribution is 2.23. The van der Waals surface area contributed by atoms with Gasteiger partial charge in [-0.3, -0.25) is 0 Å². The molecule has 3 nitrogen and oxygen atoms in total. The molecule has 0 aliphatic rings. The molecule has 1 unspecified atom stereocenters. The van der Waals surface area contributed by atoms with Crippen LogP contribution in [0.3, 0.4) is 0 Å². The Bertz CT molecular complexity index is 558. The lowest BCUT2D eigenvalue weighted by Crippen LogP contribution is -2.24. The molecule has 0 aliphatic heterocycles. The van der Waals surface area contributed by atoms with E-state index in [0.29, 0.717) is 5.82 Å². The van der Waals surface area contributed by atoms with Crippen molar-refractivity contribution in [1.29, 1.82) is 0 Å². The summed E-state index contributed by atoms with van der Waals surface area (Å²) in [4.78, 5) is 4.20. The first-order chi connectivity index (χ1) is 9.60. The second kappa shape index (κ2) is 6.53. The topological polar surface area (TPSA) is 50.9 Å². The highest BCUT2D eigenvalue weighted by atomic mass is 14.9. The van der Waals surface area contributed by atoms with E-state index in [1.807, 2.05) is 6.07 Å². The van der Waals surface area contributed by atoms with Crippen molar-refractivity contribution >= 4 is 5.82 Å². The van der Waals surface area contributed by atoms with Gasteiger partial charge in [0.15, 0.2) is 0 Å². The minimum absolute atomic E-state index is 0.204. The molecule has 0 radical (unpaired) electrons. The number of benzene rings is 1. The molecular formula is C17H23N3. The summed E-state index contributed by atoms with van der Waals surface area (Å²) in [6, 6.07) is 10.9. The van der Waals surface area contributed by atoms with E-state index in [1.165, 1.54) is 16.7 Å². The van der Waals surface area contributed by atoms with E-state index in [-0.39, 0.29) is 6.04 Å². The van der Waals surface area contributed by atoms with Crippen LogP contribution in [0.25, 0.3) is 0 Å². The smallest absolute Gasteiger partial charge is 0.128 e. The summed E-state index contributed by atoms with van der Waals surface area (Å²) < 4.78 is 0. The van der Waals surface area contributed by atoms with Gasteiger partial charge in [-0.25, -0.2) is 4.98 Å². The minimum Gasteiger partial charge on any atom is -0.383 e. The van der Waals surface area contributed by atoms with Crippen molar-refractivity contribution in [1.82, 2.24) is 10.3 Å². The van der Waals surface area contributed by atoms with E-state index in [0.717, 1.165) is 18.5 Å². The van der Waals surface area contributed by atoms with E-state index in [4.69, 9.17) is 5.73 Å². The lowest BCUT2D eigenvalue weighted by Gasteiger charge is -2.20. The molecule has 1 atom stereocenters. The Kier molecular flexibility index (Phi) is 4.74. The van der Waals surface area contributed by atoms with E-state index < -0.39 is 0 Å². The quantitative estimate of drug-likeness (QED) is 0.876. The fourth-order valence-electron chi connectivity index (χ4n) is 2.69. The predicted octanol–water partition coefficient (Wildman–Crippen LogP) is 3.17. The van der Waals surface area contributed by atoms with Crippen LogP contribution in [-0.4, -0.2) is 11.5 Å². The molecule has 2 rings (SSSR count). The van der Waals surface area contributed by atoms with Gasteiger partial charge in [-0.1, -0.05) is 42.3 Å². The van der Waals surface area contributed by atoms with Crippen LogP contribution in [0.1, 0.15) is 35.2 Å². The highest BCUT2D eigenvalue weighted by molar-refractivity contribution is 5.42. The zero-order chi connectivity index (χ0) is 14.5. The van der Waals surface area contributed by atoms with Crippen molar-refractivity contribution in [3.63, 3.8) is 0 Å². The van der Waals surface area contributed by atoms with Crippen LogP contribution in [0, 0.1) is 13.8 Å². The Morgan fingerprint density at radius 3 is 2.50 bits per heavy atom. The van der Waals surface area contributed by atoms with Gasteiger partial charge >= 0.3 is 0 Å². The molecule has 0 saturated heterocycles. The fraction of sp³-hybridized carbons (Fsp3) is 0.353. The number of nitrogens with zero attached hydrogens (tertiary/aromatic N) is 1. The van der Waals surface area contributed by atoms with Crippen molar-refractivity contribution in [3.05, 3.63) is 58.8 Å². The fourth-order valence-corrected chi connectivity index (χ4v) is 2.69. The van der Waals surface area contributed by atoms with Gasteiger partial charge in [-0.15, -0.1) is 0 Å². The number of rotatable bonds is 5. The van der Waals surface area contributed by atoms with Gasteiger partial charge < -0.3 is 11.1 Å². The predicted molar refractivity (Wildman–Crippen MR) is 84.7 cm³/mol. The van der Waals surface area contributed by atoms with Gasteiger partial charge in [-0.05, 0) is 38.4 Å². The Balaban J connectivity index is 2.28. The molecule has 2 aromatic rings. The SMILES string of the molecule is CCNC(Cc1cc(C)cc(C)c1)c1cccnc1N. The zero-order valence-corrected chi connectivity index (χ0v) is 12.5. The van der Waals surface area contributed by atoms with Gasteiger partial charge in [0.05, 0.1) is 0 Å². The monoisotopic (exact) mass is 269 g/mol. The van der Waals surface area contributed by atoms with Crippen molar-refractivity contribution < 1.29 is 0 Å². The van der Waals surface area contributed by atoms with E-state index in [2.05, 4.69) is 55.3 Å². The standard InChI is InChI=1S/C17H23N3/c1-4-19-16(15-6-5-7-20-17(15)18)11-14-9-12(2)8-13(3)10-14/h5-10,16,19H,4,11H2,1-3H3,(H2,18,20). The first-order valence-electron chi connectivity index (χ1n) is 7.11. The summed E-state index contributed by atoms with van der Waals surface area (Å²) in [7, 11) is 0. The van der Waals surface area contributed by atoms with E-state index >= 15 is 0 Å². The van der Waals surface area contributed by atoms with Crippen molar-refractivity contribution in [3.8, 4) is 0 Å². The summed E-state index contributed by atoms with van der Waals surface area (Å²) in [5, 5.41) is 3.51. The van der Waals surface area contributed by atoms with Crippen LogP contribution >= 0.6 is 0 Å². The molecule has 0 amide bonds. The molecule has 106 valence electrons. The van der Waals surface area contributed by atoms with Crippen LogP contribution in [0.5, 0.6) is 0 Å². The second-order valence-corrected chi connectivity index (χ2v) is 5.29. The second-order valence-electron chi connectivity index (χ2n) is 5.29. The number of aryl methyl sites for hydroxylation is 2. The normalized spacial score (nSPS) is 12.3. The summed E-state index contributed by atoms with van der Waals surface area (Å²) >= 11 is 0. The number of hydrogen-bond acceptors (Lipinski definition) is 3. The molecule has 0 saturated carbocycles. The van der Waals surface area contributed by atoms with Crippen LogP contribution in [0.2, 0.25) is 0 Å². The number of nitrogens with two attached hydrogens (primary N) is 1. The number of likely N-dealkylation sites (N-methyl/N-ethyl adjacent to an activating group) is 1. The zero-order valence-electron chi connectivity index (χ0n) is 12.5. The van der Waals surface area contributed by atoms with E-state index in [9.17, 15) is 0 Å². The molecule has 0 bridgehead atoms. The number of nitrogen functional groups attached to an aromatic ring is 1. The molecule has 0 spiro atoms. The van der Waals surface area contributed by atoms with Gasteiger partial charge in [0, 0.05) is 17.8 Å². The number of aromatic nitrogens is 1. The Morgan fingerprint density at radius 1 is 1.20 bits per heavy atom. The Morgan fingerprint density at radius 2 is 1.90 bits per heavy atom. The summed E-state index contributed by atoms with van der Waals surface area (Å²) in [5.41, 5.74) is 11.0. The highest BCUT2D eigenvalue weighted by Gasteiger charge is 2.14. The number of hydrogen-bond donors (Lipinski definition) is 2. The lowest BCUT2D eigenvalue weighted by molar-refractivity contribution is 0.550. The van der Waals surface area contributed by atoms with Crippen LogP contribution in [0.15, 0.2) is 36.5 Å². The maximum Gasteiger partial charge on any atom is 0.128 e. The number of pyridine rings is 1. The molecule has 1 heterocycles. The van der Waals surface area contributed by atoms with Crippen LogP contribution < -0.4 is 11.1 Å². The summed E-state index contributed by atoms with van der Waals surface area (Å²) in [6.45, 7) is 7.29. The van der Waals surface area contributed by atoms with Gasteiger partial charge in [0.2, 0.25) is 0 Å². The molecule has 3 N–H and O–H groups in total. The lowest BCUT2D eigenvalue weighted by atomic mass is 9.97. The van der Waals surface area contributed by atoms with Gasteiger partial charge in [-0.2, -0.15) is 0 Å². The number of nitrogens with one attached hydrogen (secondary N) is 1. The molecule has 3 heteroatoms. The maximum atomic E-state index is 6.01. The summed E-state index contributed by atoms with van der Waals surface area (Å²) in [6.07, 6.45) is 2.66. The third kappa shape index (κ3) is 3.58. The minimum atomic E-state index is 0.204. The van der Waals surface area contributed by atoms with Crippen molar-refractivity contribution in [2.75, 3.05) is 12.3 Å². The molecular weight excluding hydrogens is 246 g/mol. The van der Waals surface area contributed by atoms with Crippen LogP contribution in [0.4, 0.5) is 5.82 Å². The van der Waals surface area contributed by atoms with Crippen LogP contribution in [-0.2, 0) is 6.42 Å². The first kappa shape index (κ1) is 14.5.